The molecule has 0 unspecified atom stereocenters. The average Bonchev–Trinajstić information content (AvgIpc) is 2.52. The summed E-state index contributed by atoms with van der Waals surface area (Å²) in [4.78, 5) is 14.7. The highest BCUT2D eigenvalue weighted by molar-refractivity contribution is 5.93. The molecule has 0 aliphatic rings. The highest BCUT2D eigenvalue weighted by Gasteiger charge is 2.31. The molecule has 23 heavy (non-hydrogen) atoms. The standard InChI is InChI=1S/C17H15F3N2O/c1-11(12(2)23)8-22-16-5-3-13(4-6-16)14-7-15(10-21-9-14)17(18,19)20/h3-7,9-10,22H,1,8H2,2H3. The number of Topliss-reactive ketones (excluding diaryl/α,β-unsaturated/α-hetero) is 1. The Labute approximate surface area is 131 Å². The molecule has 0 saturated heterocycles. The minimum absolute atomic E-state index is 0.0934. The summed E-state index contributed by atoms with van der Waals surface area (Å²) in [5, 5.41) is 3.02. The van der Waals surface area contributed by atoms with Crippen LogP contribution in [0.1, 0.15) is 12.5 Å². The number of nitrogens with one attached hydrogen (secondary N) is 1. The van der Waals surface area contributed by atoms with E-state index >= 15 is 0 Å². The molecule has 1 N–H and O–H groups in total. The van der Waals surface area contributed by atoms with Crippen LogP contribution >= 0.6 is 0 Å². The van der Waals surface area contributed by atoms with Gasteiger partial charge in [0, 0.05) is 35.8 Å². The SMILES string of the molecule is C=C(CNc1ccc(-c2cncc(C(F)(F)F)c2)cc1)C(C)=O. The fraction of sp³-hybridized carbons (Fsp3) is 0.176. The van der Waals surface area contributed by atoms with Crippen LogP contribution in [0.25, 0.3) is 11.1 Å². The van der Waals surface area contributed by atoms with Gasteiger partial charge in [-0.2, -0.15) is 13.2 Å². The molecule has 6 heteroatoms. The Morgan fingerprint density at radius 1 is 1.17 bits per heavy atom. The number of carbonyl (C=O) groups excluding carboxylic acids is 1. The van der Waals surface area contributed by atoms with Crippen molar-refractivity contribution in [2.24, 2.45) is 0 Å². The summed E-state index contributed by atoms with van der Waals surface area (Å²) in [7, 11) is 0. The van der Waals surface area contributed by atoms with Gasteiger partial charge in [0.1, 0.15) is 0 Å². The summed E-state index contributed by atoms with van der Waals surface area (Å²) in [5.41, 5.74) is 1.43. The van der Waals surface area contributed by atoms with Crippen LogP contribution in [0.15, 0.2) is 54.9 Å². The van der Waals surface area contributed by atoms with Crippen molar-refractivity contribution in [3.05, 3.63) is 60.4 Å². The van der Waals surface area contributed by atoms with E-state index in [1.165, 1.54) is 13.1 Å². The maximum absolute atomic E-state index is 12.7. The predicted molar refractivity (Wildman–Crippen MR) is 83.0 cm³/mol. The number of rotatable bonds is 5. The van der Waals surface area contributed by atoms with Gasteiger partial charge in [0.15, 0.2) is 5.78 Å². The number of halogens is 3. The first-order valence-corrected chi connectivity index (χ1v) is 6.82. The van der Waals surface area contributed by atoms with E-state index < -0.39 is 11.7 Å². The number of pyridine rings is 1. The minimum atomic E-state index is -4.42. The molecular formula is C17H15F3N2O. The van der Waals surface area contributed by atoms with Gasteiger partial charge in [-0.1, -0.05) is 18.7 Å². The Morgan fingerprint density at radius 2 is 1.83 bits per heavy atom. The van der Waals surface area contributed by atoms with Crippen molar-refractivity contribution in [3.63, 3.8) is 0 Å². The largest absolute Gasteiger partial charge is 0.417 e. The van der Waals surface area contributed by atoms with Crippen molar-refractivity contribution in [2.45, 2.75) is 13.1 Å². The van der Waals surface area contributed by atoms with Gasteiger partial charge in [0.25, 0.3) is 0 Å². The molecule has 1 heterocycles. The van der Waals surface area contributed by atoms with E-state index in [4.69, 9.17) is 0 Å². The molecule has 3 nitrogen and oxygen atoms in total. The Bertz CT molecular complexity index is 721. The first-order chi connectivity index (χ1) is 10.8. The zero-order chi connectivity index (χ0) is 17.0. The molecule has 0 fully saturated rings. The van der Waals surface area contributed by atoms with E-state index in [9.17, 15) is 18.0 Å². The van der Waals surface area contributed by atoms with Gasteiger partial charge in [0.05, 0.1) is 5.56 Å². The third-order valence-electron chi connectivity index (χ3n) is 3.29. The van der Waals surface area contributed by atoms with E-state index in [1.807, 2.05) is 0 Å². The molecular weight excluding hydrogens is 305 g/mol. The number of anilines is 1. The summed E-state index contributed by atoms with van der Waals surface area (Å²) in [5.74, 6) is -0.0934. The van der Waals surface area contributed by atoms with Gasteiger partial charge >= 0.3 is 6.18 Å². The van der Waals surface area contributed by atoms with Crippen LogP contribution in [0.2, 0.25) is 0 Å². The lowest BCUT2D eigenvalue weighted by molar-refractivity contribution is -0.137. The summed E-state index contributed by atoms with van der Waals surface area (Å²) in [6.07, 6.45) is -2.24. The normalized spacial score (nSPS) is 11.1. The van der Waals surface area contributed by atoms with Gasteiger partial charge in [-0.3, -0.25) is 9.78 Å². The molecule has 0 aliphatic carbocycles. The number of benzene rings is 1. The van der Waals surface area contributed by atoms with E-state index in [1.54, 1.807) is 24.3 Å². The maximum Gasteiger partial charge on any atom is 0.417 e. The molecule has 0 saturated carbocycles. The molecule has 0 atom stereocenters. The van der Waals surface area contributed by atoms with Gasteiger partial charge in [-0.05, 0) is 30.7 Å². The molecule has 0 amide bonds. The predicted octanol–water partition coefficient (Wildman–Crippen LogP) is 4.32. The Balaban J connectivity index is 2.14. The topological polar surface area (TPSA) is 42.0 Å². The molecule has 0 bridgehead atoms. The second kappa shape index (κ2) is 6.64. The smallest absolute Gasteiger partial charge is 0.381 e. The zero-order valence-corrected chi connectivity index (χ0v) is 12.4. The molecule has 1 aromatic carbocycles. The van der Waals surface area contributed by atoms with Crippen molar-refractivity contribution in [2.75, 3.05) is 11.9 Å². The number of alkyl halides is 3. The molecule has 1 aromatic heterocycles. The van der Waals surface area contributed by atoms with E-state index in [2.05, 4.69) is 16.9 Å². The minimum Gasteiger partial charge on any atom is -0.381 e. The van der Waals surface area contributed by atoms with Crippen LogP contribution in [0.5, 0.6) is 0 Å². The fourth-order valence-electron chi connectivity index (χ4n) is 1.87. The van der Waals surface area contributed by atoms with Crippen molar-refractivity contribution in [1.82, 2.24) is 4.98 Å². The zero-order valence-electron chi connectivity index (χ0n) is 12.4. The lowest BCUT2D eigenvalue weighted by atomic mass is 10.1. The third kappa shape index (κ3) is 4.42. The highest BCUT2D eigenvalue weighted by Crippen LogP contribution is 2.31. The molecule has 0 radical (unpaired) electrons. The van der Waals surface area contributed by atoms with Crippen LogP contribution < -0.4 is 5.32 Å². The van der Waals surface area contributed by atoms with Crippen molar-refractivity contribution in [1.29, 1.82) is 0 Å². The Hall–Kier alpha value is -2.63. The quantitative estimate of drug-likeness (QED) is 0.834. The average molecular weight is 320 g/mol. The molecule has 0 aliphatic heterocycles. The number of carbonyl (C=O) groups is 1. The first-order valence-electron chi connectivity index (χ1n) is 6.82. The lowest BCUT2D eigenvalue weighted by Crippen LogP contribution is -2.09. The monoisotopic (exact) mass is 320 g/mol. The summed E-state index contributed by atoms with van der Waals surface area (Å²) in [6, 6.07) is 7.89. The molecule has 2 aromatic rings. The highest BCUT2D eigenvalue weighted by atomic mass is 19.4. The van der Waals surface area contributed by atoms with Crippen molar-refractivity contribution >= 4 is 11.5 Å². The molecule has 0 spiro atoms. The van der Waals surface area contributed by atoms with Crippen LogP contribution in [0.4, 0.5) is 18.9 Å². The van der Waals surface area contributed by atoms with Crippen LogP contribution in [-0.4, -0.2) is 17.3 Å². The van der Waals surface area contributed by atoms with E-state index in [-0.39, 0.29) is 5.78 Å². The number of hydrogen-bond acceptors (Lipinski definition) is 3. The summed E-state index contributed by atoms with van der Waals surface area (Å²) in [6.45, 7) is 5.40. The van der Waals surface area contributed by atoms with E-state index in [0.29, 0.717) is 23.2 Å². The summed E-state index contributed by atoms with van der Waals surface area (Å²) >= 11 is 0. The summed E-state index contributed by atoms with van der Waals surface area (Å²) < 4.78 is 38.1. The Morgan fingerprint density at radius 3 is 2.39 bits per heavy atom. The van der Waals surface area contributed by atoms with Crippen LogP contribution in [0, 0.1) is 0 Å². The number of ketones is 1. The van der Waals surface area contributed by atoms with Gasteiger partial charge < -0.3 is 5.32 Å². The lowest BCUT2D eigenvalue weighted by Gasteiger charge is -2.10. The van der Waals surface area contributed by atoms with Crippen molar-refractivity contribution < 1.29 is 18.0 Å². The van der Waals surface area contributed by atoms with Crippen molar-refractivity contribution in [3.8, 4) is 11.1 Å². The van der Waals surface area contributed by atoms with Crippen LogP contribution in [0.3, 0.4) is 0 Å². The van der Waals surface area contributed by atoms with Gasteiger partial charge in [-0.25, -0.2) is 0 Å². The number of hydrogen-bond donors (Lipinski definition) is 1. The second-order valence-electron chi connectivity index (χ2n) is 5.05. The van der Waals surface area contributed by atoms with Gasteiger partial charge in [0.2, 0.25) is 0 Å². The van der Waals surface area contributed by atoms with Gasteiger partial charge in [-0.15, -0.1) is 0 Å². The second-order valence-corrected chi connectivity index (χ2v) is 5.05. The number of aromatic nitrogens is 1. The van der Waals surface area contributed by atoms with E-state index in [0.717, 1.165) is 18.0 Å². The molecule has 2 rings (SSSR count). The Kier molecular flexibility index (Phi) is 4.83. The third-order valence-corrected chi connectivity index (χ3v) is 3.29. The van der Waals surface area contributed by atoms with Crippen LogP contribution in [-0.2, 0) is 11.0 Å². The first kappa shape index (κ1) is 16.7. The maximum atomic E-state index is 12.7. The molecule has 120 valence electrons. The fourth-order valence-corrected chi connectivity index (χ4v) is 1.87. The number of nitrogens with zero attached hydrogens (tertiary/aromatic N) is 1.